The fourth-order valence-electron chi connectivity index (χ4n) is 3.98. The lowest BCUT2D eigenvalue weighted by molar-refractivity contribution is -0.0840. The molecule has 0 aliphatic carbocycles. The van der Waals surface area contributed by atoms with E-state index in [-0.39, 0.29) is 11.0 Å². The Morgan fingerprint density at radius 3 is 2.60 bits per heavy atom. The van der Waals surface area contributed by atoms with Crippen molar-refractivity contribution in [3.05, 3.63) is 54.0 Å². The molecule has 0 amide bonds. The number of nitrogens with one attached hydrogen (secondary N) is 1. The summed E-state index contributed by atoms with van der Waals surface area (Å²) in [5, 5.41) is 3.52. The zero-order valence-electron chi connectivity index (χ0n) is 15.5. The van der Waals surface area contributed by atoms with Crippen LogP contribution in [0.4, 0.5) is 0 Å². The minimum atomic E-state index is -0.0980. The molecule has 0 bridgehead atoms. The van der Waals surface area contributed by atoms with E-state index in [1.165, 1.54) is 5.56 Å². The summed E-state index contributed by atoms with van der Waals surface area (Å²) in [6.45, 7) is 6.91. The molecule has 1 aromatic carbocycles. The maximum atomic E-state index is 5.99. The Kier molecular flexibility index (Phi) is 5.50. The largest absolute Gasteiger partial charge is 0.497 e. The highest BCUT2D eigenvalue weighted by Crippen LogP contribution is 2.44. The Balaban J connectivity index is 1.71. The van der Waals surface area contributed by atoms with E-state index in [1.807, 2.05) is 12.1 Å². The molecule has 1 N–H and O–H groups in total. The molecule has 0 unspecified atom stereocenters. The minimum absolute atomic E-state index is 0.0980. The van der Waals surface area contributed by atoms with Crippen LogP contribution in [0.25, 0.3) is 0 Å². The summed E-state index contributed by atoms with van der Waals surface area (Å²) in [5.41, 5.74) is 1.41. The van der Waals surface area contributed by atoms with Crippen molar-refractivity contribution in [2.45, 2.75) is 50.7 Å². The molecular formula is C21H29NO3. The van der Waals surface area contributed by atoms with Gasteiger partial charge in [-0.1, -0.05) is 12.1 Å². The highest BCUT2D eigenvalue weighted by Gasteiger charge is 2.41. The highest BCUT2D eigenvalue weighted by molar-refractivity contribution is 5.33. The van der Waals surface area contributed by atoms with Crippen molar-refractivity contribution < 1.29 is 13.9 Å². The molecule has 3 rings (SSSR count). The normalized spacial score (nSPS) is 22.7. The van der Waals surface area contributed by atoms with Gasteiger partial charge in [-0.3, -0.25) is 0 Å². The number of methoxy groups -OCH3 is 1. The lowest BCUT2D eigenvalue weighted by Gasteiger charge is -2.45. The van der Waals surface area contributed by atoms with E-state index < -0.39 is 0 Å². The predicted molar refractivity (Wildman–Crippen MR) is 99.0 cm³/mol. The van der Waals surface area contributed by atoms with Crippen molar-refractivity contribution in [1.82, 2.24) is 5.32 Å². The molecule has 1 saturated heterocycles. The first kappa shape index (κ1) is 18.0. The van der Waals surface area contributed by atoms with Gasteiger partial charge in [0.1, 0.15) is 11.5 Å². The molecule has 0 saturated carbocycles. The van der Waals surface area contributed by atoms with Gasteiger partial charge >= 0.3 is 0 Å². The van der Waals surface area contributed by atoms with Crippen LogP contribution >= 0.6 is 0 Å². The van der Waals surface area contributed by atoms with Gasteiger partial charge in [0.2, 0.25) is 0 Å². The van der Waals surface area contributed by atoms with E-state index in [9.17, 15) is 0 Å². The second kappa shape index (κ2) is 7.63. The minimum Gasteiger partial charge on any atom is -0.497 e. The highest BCUT2D eigenvalue weighted by atomic mass is 16.5. The van der Waals surface area contributed by atoms with Crippen molar-refractivity contribution in [2.24, 2.45) is 0 Å². The van der Waals surface area contributed by atoms with E-state index in [4.69, 9.17) is 13.9 Å². The van der Waals surface area contributed by atoms with Gasteiger partial charge in [0.15, 0.2) is 0 Å². The molecule has 1 aliphatic rings. The van der Waals surface area contributed by atoms with Gasteiger partial charge in [-0.15, -0.1) is 0 Å². The van der Waals surface area contributed by atoms with Gasteiger partial charge in [-0.05, 0) is 69.5 Å². The van der Waals surface area contributed by atoms with Crippen LogP contribution in [0.15, 0.2) is 47.1 Å². The molecule has 25 heavy (non-hydrogen) atoms. The number of hydrogen-bond donors (Lipinski definition) is 1. The summed E-state index contributed by atoms with van der Waals surface area (Å²) in [6.07, 6.45) is 4.86. The van der Waals surface area contributed by atoms with E-state index >= 15 is 0 Å². The SMILES string of the molecule is COc1ccc([C@@]2(CCNCc3ccco3)CCOC(C)(C)C2)cc1. The number of benzene rings is 1. The summed E-state index contributed by atoms with van der Waals surface area (Å²) < 4.78 is 16.7. The standard InChI is InChI=1S/C21H29NO3/c1-20(2)16-21(11-14-25-20,17-6-8-18(23-3)9-7-17)10-12-22-15-19-5-4-13-24-19/h4-9,13,22H,10-12,14-16H2,1-3H3/t21-/m0/s1. The first-order valence-corrected chi connectivity index (χ1v) is 9.05. The summed E-state index contributed by atoms with van der Waals surface area (Å²) in [7, 11) is 1.71. The fourth-order valence-corrected chi connectivity index (χ4v) is 3.98. The molecule has 2 aromatic rings. The molecule has 1 aromatic heterocycles. The average Bonchev–Trinajstić information content (AvgIpc) is 3.11. The van der Waals surface area contributed by atoms with Crippen LogP contribution in [0, 0.1) is 0 Å². The Hall–Kier alpha value is -1.78. The Labute approximate surface area is 150 Å². The second-order valence-corrected chi connectivity index (χ2v) is 7.55. The number of hydrogen-bond acceptors (Lipinski definition) is 4. The van der Waals surface area contributed by atoms with E-state index in [2.05, 4.69) is 43.4 Å². The van der Waals surface area contributed by atoms with Gasteiger partial charge in [-0.2, -0.15) is 0 Å². The number of ether oxygens (including phenoxy) is 2. The van der Waals surface area contributed by atoms with E-state index in [0.717, 1.165) is 50.5 Å². The van der Waals surface area contributed by atoms with Gasteiger partial charge in [0.25, 0.3) is 0 Å². The summed E-state index contributed by atoms with van der Waals surface area (Å²) in [4.78, 5) is 0. The van der Waals surface area contributed by atoms with Gasteiger partial charge in [0.05, 0.1) is 25.5 Å². The predicted octanol–water partition coefficient (Wildman–Crippen LogP) is 4.29. The van der Waals surface area contributed by atoms with Gasteiger partial charge in [-0.25, -0.2) is 0 Å². The Bertz CT molecular complexity index is 648. The first-order chi connectivity index (χ1) is 12.0. The summed E-state index contributed by atoms with van der Waals surface area (Å²) in [6, 6.07) is 12.5. The quantitative estimate of drug-likeness (QED) is 0.762. The molecule has 1 atom stereocenters. The zero-order valence-corrected chi connectivity index (χ0v) is 15.5. The van der Waals surface area contributed by atoms with Crippen molar-refractivity contribution in [3.8, 4) is 5.75 Å². The van der Waals surface area contributed by atoms with Crippen LogP contribution in [0.2, 0.25) is 0 Å². The third-order valence-electron chi connectivity index (χ3n) is 5.20. The van der Waals surface area contributed by atoms with Crippen molar-refractivity contribution in [3.63, 3.8) is 0 Å². The maximum absolute atomic E-state index is 5.99. The Morgan fingerprint density at radius 1 is 1.16 bits per heavy atom. The van der Waals surface area contributed by atoms with Crippen LogP contribution in [0.1, 0.15) is 44.4 Å². The fraction of sp³-hybridized carbons (Fsp3) is 0.524. The van der Waals surface area contributed by atoms with Crippen molar-refractivity contribution in [2.75, 3.05) is 20.3 Å². The Morgan fingerprint density at radius 2 is 1.96 bits per heavy atom. The number of furan rings is 1. The monoisotopic (exact) mass is 343 g/mol. The van der Waals surface area contributed by atoms with Crippen LogP contribution in [0.3, 0.4) is 0 Å². The topological polar surface area (TPSA) is 43.6 Å². The van der Waals surface area contributed by atoms with Gasteiger partial charge in [0, 0.05) is 12.0 Å². The molecule has 136 valence electrons. The van der Waals surface area contributed by atoms with Crippen LogP contribution in [-0.2, 0) is 16.7 Å². The molecule has 4 heteroatoms. The molecule has 1 aliphatic heterocycles. The molecule has 0 radical (unpaired) electrons. The average molecular weight is 343 g/mol. The maximum Gasteiger partial charge on any atom is 0.118 e. The summed E-state index contributed by atoms with van der Waals surface area (Å²) >= 11 is 0. The first-order valence-electron chi connectivity index (χ1n) is 9.05. The van der Waals surface area contributed by atoms with Crippen LogP contribution < -0.4 is 10.1 Å². The zero-order chi connectivity index (χ0) is 17.8. The lowest BCUT2D eigenvalue weighted by Crippen LogP contribution is -2.45. The van der Waals surface area contributed by atoms with E-state index in [1.54, 1.807) is 13.4 Å². The smallest absolute Gasteiger partial charge is 0.118 e. The van der Waals surface area contributed by atoms with Crippen LogP contribution in [-0.4, -0.2) is 25.9 Å². The molecule has 0 spiro atoms. The van der Waals surface area contributed by atoms with Crippen molar-refractivity contribution >= 4 is 0 Å². The third-order valence-corrected chi connectivity index (χ3v) is 5.20. The summed E-state index contributed by atoms with van der Waals surface area (Å²) in [5.74, 6) is 1.88. The molecular weight excluding hydrogens is 314 g/mol. The van der Waals surface area contributed by atoms with Gasteiger partial charge < -0.3 is 19.2 Å². The lowest BCUT2D eigenvalue weighted by atomic mass is 9.67. The molecule has 1 fully saturated rings. The second-order valence-electron chi connectivity index (χ2n) is 7.55. The molecule has 2 heterocycles. The third kappa shape index (κ3) is 4.44. The van der Waals surface area contributed by atoms with Crippen molar-refractivity contribution in [1.29, 1.82) is 0 Å². The van der Waals surface area contributed by atoms with Crippen LogP contribution in [0.5, 0.6) is 5.75 Å². The van der Waals surface area contributed by atoms with E-state index in [0.29, 0.717) is 0 Å². The number of rotatable bonds is 7. The molecule has 4 nitrogen and oxygen atoms in total.